The van der Waals surface area contributed by atoms with Crippen LogP contribution in [-0.2, 0) is 16.3 Å². The molecule has 1 aromatic rings. The maximum absolute atomic E-state index is 11.4. The second-order valence-corrected chi connectivity index (χ2v) is 6.74. The summed E-state index contributed by atoms with van der Waals surface area (Å²) in [7, 11) is -3.13. The smallest absolute Gasteiger partial charge is 0.153 e. The van der Waals surface area contributed by atoms with Crippen molar-refractivity contribution >= 4 is 16.1 Å². The minimum atomic E-state index is -3.13. The SMILES string of the molecule is O=Cc1ccccc1CC1(O)CCS(=O)(=O)C1. The molecule has 1 fully saturated rings. The summed E-state index contributed by atoms with van der Waals surface area (Å²) in [6.07, 6.45) is 1.17. The van der Waals surface area contributed by atoms with Gasteiger partial charge >= 0.3 is 0 Å². The maximum atomic E-state index is 11.4. The number of aliphatic hydroxyl groups is 1. The van der Waals surface area contributed by atoms with Gasteiger partial charge in [-0.05, 0) is 12.0 Å². The Labute approximate surface area is 100 Å². The molecule has 0 aliphatic carbocycles. The Morgan fingerprint density at radius 2 is 2.06 bits per heavy atom. The maximum Gasteiger partial charge on any atom is 0.153 e. The molecule has 1 aliphatic rings. The van der Waals surface area contributed by atoms with Crippen molar-refractivity contribution in [3.63, 3.8) is 0 Å². The Morgan fingerprint density at radius 1 is 1.35 bits per heavy atom. The molecule has 1 N–H and O–H groups in total. The average Bonchev–Trinajstić information content (AvgIpc) is 2.53. The van der Waals surface area contributed by atoms with Gasteiger partial charge in [0, 0.05) is 12.0 Å². The van der Waals surface area contributed by atoms with Crippen LogP contribution >= 0.6 is 0 Å². The number of hydrogen-bond acceptors (Lipinski definition) is 4. The van der Waals surface area contributed by atoms with Gasteiger partial charge in [-0.3, -0.25) is 4.79 Å². The summed E-state index contributed by atoms with van der Waals surface area (Å²) in [5, 5.41) is 10.2. The summed E-state index contributed by atoms with van der Waals surface area (Å²) < 4.78 is 22.7. The van der Waals surface area contributed by atoms with E-state index in [0.29, 0.717) is 11.1 Å². The molecule has 0 spiro atoms. The zero-order valence-corrected chi connectivity index (χ0v) is 10.1. The highest BCUT2D eigenvalue weighted by Crippen LogP contribution is 2.28. The molecule has 17 heavy (non-hydrogen) atoms. The second-order valence-electron chi connectivity index (χ2n) is 4.56. The monoisotopic (exact) mass is 254 g/mol. The van der Waals surface area contributed by atoms with E-state index in [1.54, 1.807) is 24.3 Å². The molecule has 1 atom stereocenters. The van der Waals surface area contributed by atoms with Crippen molar-refractivity contribution in [3.05, 3.63) is 35.4 Å². The quantitative estimate of drug-likeness (QED) is 0.801. The van der Waals surface area contributed by atoms with Crippen molar-refractivity contribution in [2.75, 3.05) is 11.5 Å². The number of hydrogen-bond donors (Lipinski definition) is 1. The topological polar surface area (TPSA) is 71.4 Å². The summed E-state index contributed by atoms with van der Waals surface area (Å²) in [5.74, 6) is -0.194. The van der Waals surface area contributed by atoms with Gasteiger partial charge in [0.15, 0.2) is 9.84 Å². The van der Waals surface area contributed by atoms with E-state index in [-0.39, 0.29) is 24.3 Å². The third kappa shape index (κ3) is 2.73. The van der Waals surface area contributed by atoms with Gasteiger partial charge in [-0.2, -0.15) is 0 Å². The molecule has 1 unspecified atom stereocenters. The zero-order chi connectivity index (χ0) is 12.5. The zero-order valence-electron chi connectivity index (χ0n) is 9.30. The Bertz CT molecular complexity index is 535. The van der Waals surface area contributed by atoms with Crippen LogP contribution in [0.1, 0.15) is 22.3 Å². The van der Waals surface area contributed by atoms with Crippen molar-refractivity contribution in [1.82, 2.24) is 0 Å². The van der Waals surface area contributed by atoms with Crippen LogP contribution in [0.25, 0.3) is 0 Å². The molecule has 1 saturated heterocycles. The van der Waals surface area contributed by atoms with E-state index in [0.717, 1.165) is 6.29 Å². The van der Waals surface area contributed by atoms with E-state index in [4.69, 9.17) is 0 Å². The van der Waals surface area contributed by atoms with Crippen molar-refractivity contribution in [3.8, 4) is 0 Å². The van der Waals surface area contributed by atoms with Crippen LogP contribution in [0.3, 0.4) is 0 Å². The molecule has 1 heterocycles. The average molecular weight is 254 g/mol. The molecule has 5 heteroatoms. The molecule has 1 aliphatic heterocycles. The minimum absolute atomic E-state index is 0.0206. The van der Waals surface area contributed by atoms with E-state index in [1.165, 1.54) is 0 Å². The standard InChI is InChI=1S/C12H14O4S/c13-8-11-4-2-1-3-10(11)7-12(14)5-6-17(15,16)9-12/h1-4,8,14H,5-7,9H2. The minimum Gasteiger partial charge on any atom is -0.388 e. The first-order valence-electron chi connectivity index (χ1n) is 5.40. The van der Waals surface area contributed by atoms with Gasteiger partial charge in [-0.15, -0.1) is 0 Å². The second kappa shape index (κ2) is 4.23. The first-order chi connectivity index (χ1) is 7.94. The van der Waals surface area contributed by atoms with Crippen LogP contribution in [0, 0.1) is 0 Å². The lowest BCUT2D eigenvalue weighted by Crippen LogP contribution is -2.33. The highest BCUT2D eigenvalue weighted by molar-refractivity contribution is 7.91. The number of aldehydes is 1. The van der Waals surface area contributed by atoms with Gasteiger partial charge in [-0.1, -0.05) is 24.3 Å². The summed E-state index contributed by atoms with van der Waals surface area (Å²) in [6, 6.07) is 6.92. The van der Waals surface area contributed by atoms with Crippen molar-refractivity contribution in [2.45, 2.75) is 18.4 Å². The van der Waals surface area contributed by atoms with Crippen LogP contribution in [-0.4, -0.2) is 36.9 Å². The molecular weight excluding hydrogens is 240 g/mol. The molecule has 0 amide bonds. The fourth-order valence-corrected chi connectivity index (χ4v) is 4.10. The molecule has 1 aromatic carbocycles. The van der Waals surface area contributed by atoms with E-state index >= 15 is 0 Å². The first kappa shape index (κ1) is 12.3. The molecule has 0 radical (unpaired) electrons. The van der Waals surface area contributed by atoms with Crippen LogP contribution < -0.4 is 0 Å². The van der Waals surface area contributed by atoms with E-state index in [1.807, 2.05) is 0 Å². The summed E-state index contributed by atoms with van der Waals surface area (Å²) in [6.45, 7) is 0. The Balaban J connectivity index is 2.24. The van der Waals surface area contributed by atoms with Crippen LogP contribution in [0.5, 0.6) is 0 Å². The van der Waals surface area contributed by atoms with Gasteiger partial charge < -0.3 is 5.11 Å². The Morgan fingerprint density at radius 3 is 2.65 bits per heavy atom. The van der Waals surface area contributed by atoms with Gasteiger partial charge in [0.2, 0.25) is 0 Å². The molecular formula is C12H14O4S. The van der Waals surface area contributed by atoms with Crippen molar-refractivity contribution in [1.29, 1.82) is 0 Å². The van der Waals surface area contributed by atoms with Crippen LogP contribution in [0.4, 0.5) is 0 Å². The lowest BCUT2D eigenvalue weighted by Gasteiger charge is -2.21. The van der Waals surface area contributed by atoms with Gasteiger partial charge in [-0.25, -0.2) is 8.42 Å². The summed E-state index contributed by atoms with van der Waals surface area (Å²) in [4.78, 5) is 10.8. The number of rotatable bonds is 3. The van der Waals surface area contributed by atoms with Gasteiger partial charge in [0.05, 0.1) is 17.1 Å². The fourth-order valence-electron chi connectivity index (χ4n) is 2.20. The van der Waals surface area contributed by atoms with Gasteiger partial charge in [0.1, 0.15) is 6.29 Å². The largest absolute Gasteiger partial charge is 0.388 e. The number of carbonyl (C=O) groups excluding carboxylic acids is 1. The van der Waals surface area contributed by atoms with Crippen molar-refractivity contribution in [2.24, 2.45) is 0 Å². The predicted molar refractivity (Wildman–Crippen MR) is 63.8 cm³/mol. The van der Waals surface area contributed by atoms with Crippen molar-refractivity contribution < 1.29 is 18.3 Å². The number of sulfone groups is 1. The summed E-state index contributed by atoms with van der Waals surface area (Å²) in [5.41, 5.74) is -0.0230. The van der Waals surface area contributed by atoms with Crippen LogP contribution in [0.15, 0.2) is 24.3 Å². The van der Waals surface area contributed by atoms with E-state index in [2.05, 4.69) is 0 Å². The molecule has 0 bridgehead atoms. The van der Waals surface area contributed by atoms with E-state index in [9.17, 15) is 18.3 Å². The molecule has 92 valence electrons. The normalized spacial score (nSPS) is 26.9. The third-order valence-electron chi connectivity index (χ3n) is 3.07. The van der Waals surface area contributed by atoms with Gasteiger partial charge in [0.25, 0.3) is 0 Å². The fraction of sp³-hybridized carbons (Fsp3) is 0.417. The molecule has 2 rings (SSSR count). The molecule has 0 saturated carbocycles. The highest BCUT2D eigenvalue weighted by atomic mass is 32.2. The van der Waals surface area contributed by atoms with Crippen LogP contribution in [0.2, 0.25) is 0 Å². The molecule has 4 nitrogen and oxygen atoms in total. The lowest BCUT2D eigenvalue weighted by atomic mass is 9.92. The predicted octanol–water partition coefficient (Wildman–Crippen LogP) is 0.591. The van der Waals surface area contributed by atoms with E-state index < -0.39 is 15.4 Å². The summed E-state index contributed by atoms with van der Waals surface area (Å²) >= 11 is 0. The molecule has 0 aromatic heterocycles. The highest BCUT2D eigenvalue weighted by Gasteiger charge is 2.40. The Kier molecular flexibility index (Phi) is 3.05. The third-order valence-corrected chi connectivity index (χ3v) is 4.87. The Hall–Kier alpha value is -1.20. The number of benzene rings is 1. The lowest BCUT2D eigenvalue weighted by molar-refractivity contribution is 0.0680. The number of carbonyl (C=O) groups is 1. The first-order valence-corrected chi connectivity index (χ1v) is 7.22.